The quantitative estimate of drug-likeness (QED) is 0.574. The number of rotatable bonds is 7. The zero-order valence-electron chi connectivity index (χ0n) is 13.6. The smallest absolute Gasteiger partial charge is 0.248 e. The highest BCUT2D eigenvalue weighted by atomic mass is 35.5. The van der Waals surface area contributed by atoms with Crippen LogP contribution in [0.15, 0.2) is 55.1 Å². The zero-order valence-corrected chi connectivity index (χ0v) is 14.3. The van der Waals surface area contributed by atoms with Crippen LogP contribution in [0.5, 0.6) is 11.5 Å². The first-order valence-electron chi connectivity index (χ1n) is 7.39. The van der Waals surface area contributed by atoms with E-state index >= 15 is 0 Å². The molecule has 0 saturated carbocycles. The molecule has 4 nitrogen and oxygen atoms in total. The number of ether oxygens (including phenoxy) is 2. The van der Waals surface area contributed by atoms with Gasteiger partial charge in [0, 0.05) is 11.1 Å². The van der Waals surface area contributed by atoms with Crippen LogP contribution in [-0.2, 0) is 4.79 Å². The molecule has 0 radical (unpaired) electrons. The number of hydrogen-bond acceptors (Lipinski definition) is 3. The van der Waals surface area contributed by atoms with Crippen LogP contribution in [0.1, 0.15) is 5.56 Å². The summed E-state index contributed by atoms with van der Waals surface area (Å²) in [5.74, 6) is 0.0685. The van der Waals surface area contributed by atoms with E-state index in [2.05, 4.69) is 11.9 Å². The van der Waals surface area contributed by atoms with E-state index in [1.54, 1.807) is 30.4 Å². The minimum absolute atomic E-state index is 0.0212. The monoisotopic (exact) mass is 361 g/mol. The molecule has 2 aromatic carbocycles. The summed E-state index contributed by atoms with van der Waals surface area (Å²) in [6.07, 6.45) is 4.50. The van der Waals surface area contributed by atoms with Crippen molar-refractivity contribution in [3.8, 4) is 11.5 Å². The second-order valence-corrected chi connectivity index (χ2v) is 5.39. The van der Waals surface area contributed by atoms with Gasteiger partial charge in [0.05, 0.1) is 12.8 Å². The van der Waals surface area contributed by atoms with Crippen LogP contribution >= 0.6 is 11.6 Å². The molecule has 0 heterocycles. The molecule has 0 fully saturated rings. The van der Waals surface area contributed by atoms with Crippen molar-refractivity contribution in [1.82, 2.24) is 0 Å². The highest BCUT2D eigenvalue weighted by Gasteiger charge is 2.07. The largest absolute Gasteiger partial charge is 0.493 e. The van der Waals surface area contributed by atoms with Gasteiger partial charge in [0.25, 0.3) is 0 Å². The lowest BCUT2D eigenvalue weighted by Crippen LogP contribution is -2.09. The van der Waals surface area contributed by atoms with E-state index in [1.165, 1.54) is 31.4 Å². The average Bonchev–Trinajstić information content (AvgIpc) is 2.61. The van der Waals surface area contributed by atoms with Crippen molar-refractivity contribution in [2.75, 3.05) is 19.0 Å². The molecule has 0 aromatic heterocycles. The van der Waals surface area contributed by atoms with Crippen molar-refractivity contribution in [2.45, 2.75) is 0 Å². The minimum Gasteiger partial charge on any atom is -0.493 e. The first kappa shape index (κ1) is 18.5. The number of carbonyl (C=O) groups excluding carboxylic acids is 1. The van der Waals surface area contributed by atoms with Crippen molar-refractivity contribution in [2.24, 2.45) is 0 Å². The van der Waals surface area contributed by atoms with Crippen molar-refractivity contribution >= 4 is 29.3 Å². The van der Waals surface area contributed by atoms with Gasteiger partial charge < -0.3 is 14.8 Å². The van der Waals surface area contributed by atoms with Gasteiger partial charge in [-0.25, -0.2) is 4.39 Å². The van der Waals surface area contributed by atoms with Gasteiger partial charge in [-0.3, -0.25) is 4.79 Å². The van der Waals surface area contributed by atoms with Crippen LogP contribution in [0, 0.1) is 5.82 Å². The molecule has 0 saturated heterocycles. The Hall–Kier alpha value is -2.79. The zero-order chi connectivity index (χ0) is 18.2. The van der Waals surface area contributed by atoms with Gasteiger partial charge in [-0.1, -0.05) is 30.3 Å². The highest BCUT2D eigenvalue weighted by Crippen LogP contribution is 2.28. The minimum atomic E-state index is -0.559. The summed E-state index contributed by atoms with van der Waals surface area (Å²) in [5.41, 5.74) is 0.748. The van der Waals surface area contributed by atoms with Crippen LogP contribution in [0.4, 0.5) is 10.1 Å². The number of halogens is 2. The van der Waals surface area contributed by atoms with E-state index in [0.29, 0.717) is 23.1 Å². The maximum atomic E-state index is 13.6. The first-order valence-corrected chi connectivity index (χ1v) is 7.77. The number of carbonyl (C=O) groups is 1. The molecule has 2 rings (SSSR count). The van der Waals surface area contributed by atoms with E-state index in [4.69, 9.17) is 21.1 Å². The van der Waals surface area contributed by atoms with E-state index in [1.807, 2.05) is 0 Å². The van der Waals surface area contributed by atoms with Gasteiger partial charge in [0.15, 0.2) is 11.5 Å². The summed E-state index contributed by atoms with van der Waals surface area (Å²) in [4.78, 5) is 11.9. The van der Waals surface area contributed by atoms with Gasteiger partial charge in [-0.15, -0.1) is 0 Å². The maximum Gasteiger partial charge on any atom is 0.248 e. The number of hydrogen-bond donors (Lipinski definition) is 1. The first-order chi connectivity index (χ1) is 12.0. The molecule has 25 heavy (non-hydrogen) atoms. The molecule has 0 spiro atoms. The Morgan fingerprint density at radius 2 is 2.08 bits per heavy atom. The van der Waals surface area contributed by atoms with Gasteiger partial charge in [0.1, 0.15) is 12.4 Å². The van der Waals surface area contributed by atoms with E-state index in [-0.39, 0.29) is 5.69 Å². The number of nitrogens with one attached hydrogen (secondary N) is 1. The Kier molecular flexibility index (Phi) is 6.60. The Labute approximate surface area is 150 Å². The van der Waals surface area contributed by atoms with Gasteiger partial charge >= 0.3 is 0 Å². The molecule has 2 aromatic rings. The predicted molar refractivity (Wildman–Crippen MR) is 97.8 cm³/mol. The normalized spacial score (nSPS) is 10.5. The second-order valence-electron chi connectivity index (χ2n) is 4.96. The van der Waals surface area contributed by atoms with Gasteiger partial charge in [0.2, 0.25) is 5.91 Å². The third kappa shape index (κ3) is 5.36. The number of benzene rings is 2. The Morgan fingerprint density at radius 1 is 1.28 bits per heavy atom. The van der Waals surface area contributed by atoms with Crippen LogP contribution in [-0.4, -0.2) is 19.6 Å². The molecule has 1 N–H and O–H groups in total. The Balaban J connectivity index is 2.08. The summed E-state index contributed by atoms with van der Waals surface area (Å²) in [5, 5.41) is 2.77. The van der Waals surface area contributed by atoms with E-state index < -0.39 is 11.7 Å². The Morgan fingerprint density at radius 3 is 2.80 bits per heavy atom. The van der Waals surface area contributed by atoms with Crippen LogP contribution in [0.3, 0.4) is 0 Å². The summed E-state index contributed by atoms with van der Waals surface area (Å²) < 4.78 is 24.3. The lowest BCUT2D eigenvalue weighted by Gasteiger charge is -2.09. The third-order valence-electron chi connectivity index (χ3n) is 3.16. The lowest BCUT2D eigenvalue weighted by molar-refractivity contribution is -0.111. The predicted octanol–water partition coefficient (Wildman–Crippen LogP) is 4.70. The van der Waals surface area contributed by atoms with Gasteiger partial charge in [-0.05, 0) is 42.0 Å². The van der Waals surface area contributed by atoms with Gasteiger partial charge in [-0.2, -0.15) is 0 Å². The van der Waals surface area contributed by atoms with Crippen LogP contribution in [0.2, 0.25) is 5.02 Å². The Bertz CT molecular complexity index is 805. The summed E-state index contributed by atoms with van der Waals surface area (Å²) in [6, 6.07) is 9.17. The fraction of sp³-hybridized carbons (Fsp3) is 0.105. The number of amides is 1. The standard InChI is InChI=1S/C19H17ClFNO3/c1-3-10-25-17-8-4-13(11-18(17)24-2)5-9-19(23)22-16-12-14(20)6-7-15(16)21/h3-9,11-12H,1,10H2,2H3,(H,22,23)/b9-5+. The molecule has 0 bridgehead atoms. The fourth-order valence-corrected chi connectivity index (χ4v) is 2.17. The fourth-order valence-electron chi connectivity index (χ4n) is 2.00. The molecule has 0 unspecified atom stereocenters. The molecular weight excluding hydrogens is 345 g/mol. The lowest BCUT2D eigenvalue weighted by atomic mass is 10.2. The third-order valence-corrected chi connectivity index (χ3v) is 3.39. The summed E-state index contributed by atoms with van der Waals surface area (Å²) in [6.45, 7) is 3.95. The number of methoxy groups -OCH3 is 1. The average molecular weight is 362 g/mol. The molecule has 1 amide bonds. The summed E-state index contributed by atoms with van der Waals surface area (Å²) in [7, 11) is 1.53. The molecular formula is C19H17ClFNO3. The molecule has 6 heteroatoms. The molecule has 0 aliphatic rings. The van der Waals surface area contributed by atoms with E-state index in [9.17, 15) is 9.18 Å². The van der Waals surface area contributed by atoms with Crippen molar-refractivity contribution < 1.29 is 18.7 Å². The molecule has 130 valence electrons. The van der Waals surface area contributed by atoms with Crippen LogP contribution < -0.4 is 14.8 Å². The molecule has 0 aliphatic carbocycles. The van der Waals surface area contributed by atoms with Crippen molar-refractivity contribution in [3.63, 3.8) is 0 Å². The molecule has 0 atom stereocenters. The van der Waals surface area contributed by atoms with Crippen molar-refractivity contribution in [1.29, 1.82) is 0 Å². The van der Waals surface area contributed by atoms with Crippen molar-refractivity contribution in [3.05, 3.63) is 71.5 Å². The maximum absolute atomic E-state index is 13.6. The highest BCUT2D eigenvalue weighted by molar-refractivity contribution is 6.30. The van der Waals surface area contributed by atoms with E-state index in [0.717, 1.165) is 5.56 Å². The topological polar surface area (TPSA) is 47.6 Å². The number of anilines is 1. The molecule has 0 aliphatic heterocycles. The second kappa shape index (κ2) is 8.89. The summed E-state index contributed by atoms with van der Waals surface area (Å²) >= 11 is 5.79. The van der Waals surface area contributed by atoms with Crippen LogP contribution in [0.25, 0.3) is 6.08 Å². The SMILES string of the molecule is C=CCOc1ccc(/C=C/C(=O)Nc2cc(Cl)ccc2F)cc1OC.